The second kappa shape index (κ2) is 4.31. The van der Waals surface area contributed by atoms with Gasteiger partial charge in [-0.05, 0) is 25.7 Å². The van der Waals surface area contributed by atoms with Crippen LogP contribution in [0.3, 0.4) is 0 Å². The fraction of sp³-hybridized carbons (Fsp3) is 0.615. The first-order chi connectivity index (χ1) is 9.44. The standard InChI is InChI=1S/C13H17N3O4/c1-2-14-6-10(16(19)20)5-11(14)12(17)15-7-13(18,8-15)9-3-4-9/h5-6,9,18H,2-4,7-8H2,1H3. The minimum Gasteiger partial charge on any atom is -0.386 e. The van der Waals surface area contributed by atoms with E-state index in [4.69, 9.17) is 0 Å². The summed E-state index contributed by atoms with van der Waals surface area (Å²) < 4.78 is 1.58. The fourth-order valence-corrected chi connectivity index (χ4v) is 2.83. The summed E-state index contributed by atoms with van der Waals surface area (Å²) in [6.07, 6.45) is 3.42. The van der Waals surface area contributed by atoms with E-state index in [1.807, 2.05) is 6.92 Å². The first-order valence-corrected chi connectivity index (χ1v) is 6.81. The number of aliphatic hydroxyl groups is 1. The van der Waals surface area contributed by atoms with Crippen molar-refractivity contribution in [3.8, 4) is 0 Å². The van der Waals surface area contributed by atoms with Gasteiger partial charge in [0, 0.05) is 12.6 Å². The Labute approximate surface area is 115 Å². The van der Waals surface area contributed by atoms with Gasteiger partial charge in [-0.25, -0.2) is 0 Å². The largest absolute Gasteiger partial charge is 0.386 e. The smallest absolute Gasteiger partial charge is 0.287 e. The maximum Gasteiger partial charge on any atom is 0.287 e. The van der Waals surface area contributed by atoms with Crippen molar-refractivity contribution >= 4 is 11.6 Å². The summed E-state index contributed by atoms with van der Waals surface area (Å²) in [7, 11) is 0. The zero-order chi connectivity index (χ0) is 14.5. The molecule has 108 valence electrons. The van der Waals surface area contributed by atoms with E-state index in [-0.39, 0.29) is 11.6 Å². The van der Waals surface area contributed by atoms with Crippen LogP contribution in [0.4, 0.5) is 5.69 Å². The number of carbonyl (C=O) groups excluding carboxylic acids is 1. The molecule has 1 aromatic heterocycles. The van der Waals surface area contributed by atoms with Gasteiger partial charge in [0.2, 0.25) is 0 Å². The van der Waals surface area contributed by atoms with Gasteiger partial charge in [0.25, 0.3) is 11.6 Å². The number of hydrogen-bond donors (Lipinski definition) is 1. The Kier molecular flexibility index (Phi) is 2.82. The van der Waals surface area contributed by atoms with Crippen molar-refractivity contribution < 1.29 is 14.8 Å². The lowest BCUT2D eigenvalue weighted by molar-refractivity contribution is -0.384. The molecule has 2 fully saturated rings. The zero-order valence-corrected chi connectivity index (χ0v) is 11.3. The first kappa shape index (κ1) is 13.1. The van der Waals surface area contributed by atoms with E-state index in [1.54, 1.807) is 9.47 Å². The van der Waals surface area contributed by atoms with Crippen LogP contribution in [-0.4, -0.2) is 44.1 Å². The second-order valence-electron chi connectivity index (χ2n) is 5.67. The summed E-state index contributed by atoms with van der Waals surface area (Å²) in [4.78, 5) is 24.2. The molecule has 1 N–H and O–H groups in total. The Morgan fingerprint density at radius 2 is 2.20 bits per heavy atom. The molecule has 3 rings (SSSR count). The molecule has 1 saturated carbocycles. The third-order valence-corrected chi connectivity index (χ3v) is 4.21. The van der Waals surface area contributed by atoms with Gasteiger partial charge in [-0.2, -0.15) is 0 Å². The van der Waals surface area contributed by atoms with Crippen molar-refractivity contribution in [3.05, 3.63) is 28.1 Å². The quantitative estimate of drug-likeness (QED) is 0.658. The number of rotatable bonds is 4. The van der Waals surface area contributed by atoms with Crippen LogP contribution in [0.25, 0.3) is 0 Å². The van der Waals surface area contributed by atoms with E-state index in [0.29, 0.717) is 31.2 Å². The van der Waals surface area contributed by atoms with Crippen LogP contribution in [0.5, 0.6) is 0 Å². The van der Waals surface area contributed by atoms with Crippen LogP contribution in [0.2, 0.25) is 0 Å². The second-order valence-corrected chi connectivity index (χ2v) is 5.67. The molecule has 1 aromatic rings. The van der Waals surface area contributed by atoms with Gasteiger partial charge in [0.15, 0.2) is 0 Å². The highest BCUT2D eigenvalue weighted by Gasteiger charge is 2.53. The van der Waals surface area contributed by atoms with Gasteiger partial charge in [-0.15, -0.1) is 0 Å². The van der Waals surface area contributed by atoms with E-state index >= 15 is 0 Å². The van der Waals surface area contributed by atoms with Crippen LogP contribution < -0.4 is 0 Å². The normalized spacial score (nSPS) is 20.6. The van der Waals surface area contributed by atoms with Gasteiger partial charge in [0.05, 0.1) is 24.2 Å². The number of aryl methyl sites for hydroxylation is 1. The highest BCUT2D eigenvalue weighted by atomic mass is 16.6. The molecule has 0 unspecified atom stereocenters. The maximum absolute atomic E-state index is 12.3. The summed E-state index contributed by atoms with van der Waals surface area (Å²) in [5.74, 6) is 0.0733. The van der Waals surface area contributed by atoms with E-state index in [0.717, 1.165) is 12.8 Å². The lowest BCUT2D eigenvalue weighted by atomic mass is 9.88. The number of carbonyl (C=O) groups is 1. The Hall–Kier alpha value is -1.89. The molecule has 2 heterocycles. The molecule has 0 radical (unpaired) electrons. The van der Waals surface area contributed by atoms with Gasteiger partial charge in [-0.3, -0.25) is 14.9 Å². The van der Waals surface area contributed by atoms with Crippen molar-refractivity contribution in [3.63, 3.8) is 0 Å². The third kappa shape index (κ3) is 1.98. The minimum absolute atomic E-state index is 0.0758. The monoisotopic (exact) mass is 279 g/mol. The molecule has 0 aromatic carbocycles. The highest BCUT2D eigenvalue weighted by Crippen LogP contribution is 2.44. The molecule has 1 aliphatic carbocycles. The Balaban J connectivity index is 1.76. The van der Waals surface area contributed by atoms with Crippen molar-refractivity contribution in [2.45, 2.75) is 31.9 Å². The molecule has 7 heteroatoms. The van der Waals surface area contributed by atoms with Gasteiger partial charge >= 0.3 is 0 Å². The molecular formula is C13H17N3O4. The number of likely N-dealkylation sites (tertiary alicyclic amines) is 1. The Morgan fingerprint density at radius 3 is 2.70 bits per heavy atom. The van der Waals surface area contributed by atoms with Crippen LogP contribution in [0, 0.1) is 16.0 Å². The van der Waals surface area contributed by atoms with Gasteiger partial charge < -0.3 is 14.6 Å². The summed E-state index contributed by atoms with van der Waals surface area (Å²) >= 11 is 0. The van der Waals surface area contributed by atoms with Crippen molar-refractivity contribution in [2.24, 2.45) is 5.92 Å². The molecule has 20 heavy (non-hydrogen) atoms. The first-order valence-electron chi connectivity index (χ1n) is 6.81. The maximum atomic E-state index is 12.3. The number of β-amino-alcohol motifs (C(OH)–C–C–N with tert-alkyl or cyclic N) is 1. The van der Waals surface area contributed by atoms with Crippen LogP contribution in [0.15, 0.2) is 12.3 Å². The lowest BCUT2D eigenvalue weighted by Gasteiger charge is -2.46. The fourth-order valence-electron chi connectivity index (χ4n) is 2.83. The zero-order valence-electron chi connectivity index (χ0n) is 11.3. The molecule has 1 amide bonds. The van der Waals surface area contributed by atoms with Crippen LogP contribution in [0.1, 0.15) is 30.3 Å². The molecular weight excluding hydrogens is 262 g/mol. The predicted octanol–water partition coefficient (Wildman–Crippen LogP) is 1.01. The average Bonchev–Trinajstić information content (AvgIpc) is 3.13. The van der Waals surface area contributed by atoms with Gasteiger partial charge in [-0.1, -0.05) is 0 Å². The van der Waals surface area contributed by atoms with Crippen LogP contribution >= 0.6 is 0 Å². The molecule has 0 spiro atoms. The highest BCUT2D eigenvalue weighted by molar-refractivity contribution is 5.94. The average molecular weight is 279 g/mol. The molecule has 2 aliphatic rings. The predicted molar refractivity (Wildman–Crippen MR) is 70.3 cm³/mol. The van der Waals surface area contributed by atoms with Crippen molar-refractivity contribution in [2.75, 3.05) is 13.1 Å². The molecule has 0 atom stereocenters. The molecule has 1 saturated heterocycles. The number of hydrogen-bond acceptors (Lipinski definition) is 4. The van der Waals surface area contributed by atoms with E-state index < -0.39 is 10.5 Å². The molecule has 1 aliphatic heterocycles. The lowest BCUT2D eigenvalue weighted by Crippen LogP contribution is -2.64. The van der Waals surface area contributed by atoms with Gasteiger partial charge in [0.1, 0.15) is 11.3 Å². The number of aromatic nitrogens is 1. The van der Waals surface area contributed by atoms with E-state index in [9.17, 15) is 20.0 Å². The van der Waals surface area contributed by atoms with E-state index in [2.05, 4.69) is 0 Å². The summed E-state index contributed by atoms with van der Waals surface area (Å²) in [5.41, 5.74) is -0.490. The number of amides is 1. The summed E-state index contributed by atoms with van der Waals surface area (Å²) in [6.45, 7) is 2.99. The Morgan fingerprint density at radius 1 is 1.55 bits per heavy atom. The molecule has 7 nitrogen and oxygen atoms in total. The summed E-state index contributed by atoms with van der Waals surface area (Å²) in [6, 6.07) is 1.31. The number of nitro groups is 1. The van der Waals surface area contributed by atoms with Crippen LogP contribution in [-0.2, 0) is 6.54 Å². The SMILES string of the molecule is CCn1cc([N+](=O)[O-])cc1C(=O)N1CC(O)(C2CC2)C1. The minimum atomic E-state index is -0.731. The summed E-state index contributed by atoms with van der Waals surface area (Å²) in [5, 5.41) is 21.0. The Bertz CT molecular complexity index is 570. The van der Waals surface area contributed by atoms with Crippen molar-refractivity contribution in [1.29, 1.82) is 0 Å². The van der Waals surface area contributed by atoms with Crippen molar-refractivity contribution in [1.82, 2.24) is 9.47 Å². The third-order valence-electron chi connectivity index (χ3n) is 4.21. The number of nitrogens with zero attached hydrogens (tertiary/aromatic N) is 3. The molecule has 0 bridgehead atoms. The van der Waals surface area contributed by atoms with E-state index in [1.165, 1.54) is 12.3 Å². The topological polar surface area (TPSA) is 88.6 Å².